The second-order valence-electron chi connectivity index (χ2n) is 3.98. The number of halogens is 1. The van der Waals surface area contributed by atoms with Crippen molar-refractivity contribution in [3.8, 4) is 5.75 Å². The lowest BCUT2D eigenvalue weighted by molar-refractivity contribution is -0.385. The van der Waals surface area contributed by atoms with Gasteiger partial charge < -0.3 is 9.84 Å². The maximum atomic E-state index is 13.6. The molecule has 7 nitrogen and oxygen atoms in total. The standard InChI is InChI=1S/C13H9FN2O5/c14-10-6-9(16(19)20)4-5-12(10)21-7-8-2-1-3-11(15-8)13(17)18/h1-6H,7H2,(H,17,18). The number of benzene rings is 1. The summed E-state index contributed by atoms with van der Waals surface area (Å²) in [6.45, 7) is -0.157. The van der Waals surface area contributed by atoms with Gasteiger partial charge in [-0.05, 0) is 18.2 Å². The van der Waals surface area contributed by atoms with Gasteiger partial charge in [-0.1, -0.05) is 6.07 Å². The minimum Gasteiger partial charge on any atom is -0.484 e. The molecule has 0 fully saturated rings. The maximum Gasteiger partial charge on any atom is 0.354 e. The lowest BCUT2D eigenvalue weighted by Crippen LogP contribution is -2.05. The molecule has 0 spiro atoms. The number of hydrogen-bond donors (Lipinski definition) is 1. The van der Waals surface area contributed by atoms with Crippen LogP contribution in [0.5, 0.6) is 5.75 Å². The predicted molar refractivity (Wildman–Crippen MR) is 68.6 cm³/mol. The third-order valence-electron chi connectivity index (χ3n) is 2.53. The number of hydrogen-bond acceptors (Lipinski definition) is 5. The largest absolute Gasteiger partial charge is 0.484 e. The molecule has 0 amide bonds. The predicted octanol–water partition coefficient (Wildman–Crippen LogP) is 2.41. The van der Waals surface area contributed by atoms with Gasteiger partial charge in [0.25, 0.3) is 5.69 Å². The van der Waals surface area contributed by atoms with Gasteiger partial charge in [-0.15, -0.1) is 0 Å². The highest BCUT2D eigenvalue weighted by atomic mass is 19.1. The van der Waals surface area contributed by atoms with E-state index in [1.165, 1.54) is 18.2 Å². The van der Waals surface area contributed by atoms with Crippen molar-refractivity contribution in [3.05, 3.63) is 63.7 Å². The Kier molecular flexibility index (Phi) is 4.07. The number of aromatic carboxylic acids is 1. The third kappa shape index (κ3) is 3.50. The molecule has 1 aromatic carbocycles. The van der Waals surface area contributed by atoms with Gasteiger partial charge in [0.1, 0.15) is 12.3 Å². The number of carboxylic acid groups (broad SMARTS) is 1. The number of rotatable bonds is 5. The minimum atomic E-state index is -1.18. The van der Waals surface area contributed by atoms with Crippen molar-refractivity contribution in [2.24, 2.45) is 0 Å². The molecule has 108 valence electrons. The van der Waals surface area contributed by atoms with Gasteiger partial charge in [-0.25, -0.2) is 14.2 Å². The van der Waals surface area contributed by atoms with Crippen LogP contribution in [0.4, 0.5) is 10.1 Å². The Labute approximate surface area is 117 Å². The molecule has 0 radical (unpaired) electrons. The molecule has 0 atom stereocenters. The molecular weight excluding hydrogens is 283 g/mol. The van der Waals surface area contributed by atoms with E-state index in [0.29, 0.717) is 5.69 Å². The molecule has 0 aliphatic heterocycles. The summed E-state index contributed by atoms with van der Waals surface area (Å²) in [7, 11) is 0. The fourth-order valence-electron chi connectivity index (χ4n) is 1.55. The zero-order valence-electron chi connectivity index (χ0n) is 10.5. The lowest BCUT2D eigenvalue weighted by atomic mass is 10.3. The Morgan fingerprint density at radius 1 is 1.38 bits per heavy atom. The van der Waals surface area contributed by atoms with E-state index in [9.17, 15) is 19.3 Å². The number of nitro groups is 1. The number of carbonyl (C=O) groups is 1. The normalized spacial score (nSPS) is 10.1. The van der Waals surface area contributed by atoms with Crippen molar-refractivity contribution in [2.45, 2.75) is 6.61 Å². The summed E-state index contributed by atoms with van der Waals surface area (Å²) in [6, 6.07) is 7.32. The van der Waals surface area contributed by atoms with Crippen LogP contribution in [0.1, 0.15) is 16.2 Å². The van der Waals surface area contributed by atoms with Gasteiger partial charge >= 0.3 is 5.97 Å². The average Bonchev–Trinajstić information content (AvgIpc) is 2.46. The molecular formula is C13H9FN2O5. The van der Waals surface area contributed by atoms with E-state index in [2.05, 4.69) is 4.98 Å². The number of ether oxygens (including phenoxy) is 1. The quantitative estimate of drug-likeness (QED) is 0.670. The Hall–Kier alpha value is -3.03. The lowest BCUT2D eigenvalue weighted by Gasteiger charge is -2.07. The van der Waals surface area contributed by atoms with Gasteiger partial charge in [0, 0.05) is 6.07 Å². The summed E-state index contributed by atoms with van der Waals surface area (Å²) in [5, 5.41) is 19.3. The fourth-order valence-corrected chi connectivity index (χ4v) is 1.55. The average molecular weight is 292 g/mol. The first kappa shape index (κ1) is 14.4. The van der Waals surface area contributed by atoms with Crippen LogP contribution >= 0.6 is 0 Å². The summed E-state index contributed by atoms with van der Waals surface area (Å²) in [5.74, 6) is -2.24. The van der Waals surface area contributed by atoms with Gasteiger partial charge in [0.2, 0.25) is 0 Å². The van der Waals surface area contributed by atoms with Crippen molar-refractivity contribution in [2.75, 3.05) is 0 Å². The monoisotopic (exact) mass is 292 g/mol. The molecule has 8 heteroatoms. The number of nitrogens with zero attached hydrogens (tertiary/aromatic N) is 2. The number of non-ortho nitro benzene ring substituents is 1. The van der Waals surface area contributed by atoms with Crippen LogP contribution in [0.3, 0.4) is 0 Å². The molecule has 2 rings (SSSR count). The zero-order chi connectivity index (χ0) is 15.4. The molecule has 0 saturated heterocycles. The Morgan fingerprint density at radius 2 is 2.14 bits per heavy atom. The second kappa shape index (κ2) is 5.95. The van der Waals surface area contributed by atoms with Crippen LogP contribution in [0.25, 0.3) is 0 Å². The highest BCUT2D eigenvalue weighted by molar-refractivity contribution is 5.85. The Balaban J connectivity index is 2.11. The van der Waals surface area contributed by atoms with Gasteiger partial charge in [0.15, 0.2) is 11.6 Å². The van der Waals surface area contributed by atoms with Crippen molar-refractivity contribution < 1.29 is 24.0 Å². The first-order valence-electron chi connectivity index (χ1n) is 5.73. The van der Waals surface area contributed by atoms with Gasteiger partial charge in [0.05, 0.1) is 16.7 Å². The summed E-state index contributed by atoms with van der Waals surface area (Å²) in [4.78, 5) is 24.3. The minimum absolute atomic E-state index is 0.153. The van der Waals surface area contributed by atoms with Crippen LogP contribution in [0, 0.1) is 15.9 Å². The van der Waals surface area contributed by atoms with Crippen molar-refractivity contribution in [1.29, 1.82) is 0 Å². The van der Waals surface area contributed by atoms with Gasteiger partial charge in [-0.2, -0.15) is 0 Å². The van der Waals surface area contributed by atoms with E-state index in [1.807, 2.05) is 0 Å². The van der Waals surface area contributed by atoms with Crippen LogP contribution in [-0.2, 0) is 6.61 Å². The van der Waals surface area contributed by atoms with E-state index < -0.39 is 16.7 Å². The third-order valence-corrected chi connectivity index (χ3v) is 2.53. The Bertz CT molecular complexity index is 705. The second-order valence-corrected chi connectivity index (χ2v) is 3.98. The van der Waals surface area contributed by atoms with Crippen LogP contribution in [0.2, 0.25) is 0 Å². The van der Waals surface area contributed by atoms with E-state index in [0.717, 1.165) is 18.2 Å². The maximum absolute atomic E-state index is 13.6. The summed E-state index contributed by atoms with van der Waals surface area (Å²) < 4.78 is 18.7. The van der Waals surface area contributed by atoms with Crippen LogP contribution in [-0.4, -0.2) is 21.0 Å². The molecule has 21 heavy (non-hydrogen) atoms. The van der Waals surface area contributed by atoms with E-state index in [1.54, 1.807) is 0 Å². The van der Waals surface area contributed by atoms with Gasteiger partial charge in [-0.3, -0.25) is 10.1 Å². The highest BCUT2D eigenvalue weighted by Gasteiger charge is 2.12. The molecule has 1 heterocycles. The first-order valence-corrected chi connectivity index (χ1v) is 5.73. The summed E-state index contributed by atoms with van der Waals surface area (Å²) in [5.41, 5.74) is -0.237. The van der Waals surface area contributed by atoms with Crippen LogP contribution < -0.4 is 4.74 Å². The van der Waals surface area contributed by atoms with Crippen molar-refractivity contribution in [3.63, 3.8) is 0 Å². The first-order chi connectivity index (χ1) is 9.97. The van der Waals surface area contributed by atoms with Crippen molar-refractivity contribution >= 4 is 11.7 Å². The Morgan fingerprint density at radius 3 is 2.76 bits per heavy atom. The molecule has 0 unspecified atom stereocenters. The summed E-state index contributed by atoms with van der Waals surface area (Å²) in [6.07, 6.45) is 0. The number of nitro benzene ring substituents is 1. The molecule has 1 aromatic heterocycles. The molecule has 2 aromatic rings. The SMILES string of the molecule is O=C(O)c1cccc(COc2ccc([N+](=O)[O-])cc2F)n1. The molecule has 0 aliphatic carbocycles. The number of aromatic nitrogens is 1. The van der Waals surface area contributed by atoms with E-state index >= 15 is 0 Å². The molecule has 0 bridgehead atoms. The molecule has 0 aliphatic rings. The fraction of sp³-hybridized carbons (Fsp3) is 0.0769. The van der Waals surface area contributed by atoms with Crippen LogP contribution in [0.15, 0.2) is 36.4 Å². The zero-order valence-corrected chi connectivity index (χ0v) is 10.5. The van der Waals surface area contributed by atoms with Crippen molar-refractivity contribution in [1.82, 2.24) is 4.98 Å². The number of pyridine rings is 1. The molecule has 1 N–H and O–H groups in total. The smallest absolute Gasteiger partial charge is 0.354 e. The van der Waals surface area contributed by atoms with E-state index in [4.69, 9.17) is 9.84 Å². The van der Waals surface area contributed by atoms with E-state index in [-0.39, 0.29) is 23.7 Å². The molecule has 0 saturated carbocycles. The number of carboxylic acids is 1. The summed E-state index contributed by atoms with van der Waals surface area (Å²) >= 11 is 0. The highest BCUT2D eigenvalue weighted by Crippen LogP contribution is 2.23. The topological polar surface area (TPSA) is 103 Å².